The second-order valence-corrected chi connectivity index (χ2v) is 4.86. The van der Waals surface area contributed by atoms with Gasteiger partial charge in [-0.25, -0.2) is 0 Å². The van der Waals surface area contributed by atoms with Crippen LogP contribution in [-0.4, -0.2) is 40.0 Å². The van der Waals surface area contributed by atoms with Gasteiger partial charge in [-0.05, 0) is 24.5 Å². The Bertz CT molecular complexity index is 418. The Morgan fingerprint density at radius 1 is 1.37 bits per heavy atom. The predicted octanol–water partition coefficient (Wildman–Crippen LogP) is 2.04. The maximum absolute atomic E-state index is 12.3. The van der Waals surface area contributed by atoms with Crippen LogP contribution >= 0.6 is 0 Å². The zero-order chi connectivity index (χ0) is 14.3. The standard InChI is InChI=1S/C14H20N2O3/c1-11(2)5-8-16(9-6-13(17)18)14(19)12-4-3-7-15-10-12/h3-4,7,10-11H,5-6,8-9H2,1-2H3,(H,17,18). The molecule has 0 aliphatic rings. The molecule has 1 rings (SSSR count). The fourth-order valence-electron chi connectivity index (χ4n) is 1.63. The van der Waals surface area contributed by atoms with Gasteiger partial charge in [0.1, 0.15) is 0 Å². The number of nitrogens with zero attached hydrogens (tertiary/aromatic N) is 2. The van der Waals surface area contributed by atoms with E-state index in [-0.39, 0.29) is 18.9 Å². The fourth-order valence-corrected chi connectivity index (χ4v) is 1.63. The van der Waals surface area contributed by atoms with Gasteiger partial charge < -0.3 is 10.0 Å². The number of rotatable bonds is 7. The van der Waals surface area contributed by atoms with E-state index in [1.807, 2.05) is 0 Å². The summed E-state index contributed by atoms with van der Waals surface area (Å²) in [5.74, 6) is -0.586. The van der Waals surface area contributed by atoms with Gasteiger partial charge in [0.05, 0.1) is 12.0 Å². The number of carboxylic acids is 1. The van der Waals surface area contributed by atoms with Crippen molar-refractivity contribution in [2.75, 3.05) is 13.1 Å². The molecule has 0 aromatic carbocycles. The zero-order valence-corrected chi connectivity index (χ0v) is 11.4. The van der Waals surface area contributed by atoms with Crippen molar-refractivity contribution in [3.05, 3.63) is 30.1 Å². The second kappa shape index (κ2) is 7.51. The van der Waals surface area contributed by atoms with Crippen LogP contribution in [0.4, 0.5) is 0 Å². The lowest BCUT2D eigenvalue weighted by Gasteiger charge is -2.22. The Morgan fingerprint density at radius 2 is 2.11 bits per heavy atom. The number of hydrogen-bond acceptors (Lipinski definition) is 3. The van der Waals surface area contributed by atoms with E-state index in [1.54, 1.807) is 23.2 Å². The molecule has 1 aromatic heterocycles. The molecule has 5 heteroatoms. The van der Waals surface area contributed by atoms with Crippen LogP contribution in [0.1, 0.15) is 37.0 Å². The highest BCUT2D eigenvalue weighted by Crippen LogP contribution is 2.08. The highest BCUT2D eigenvalue weighted by Gasteiger charge is 2.17. The van der Waals surface area contributed by atoms with Gasteiger partial charge in [-0.15, -0.1) is 0 Å². The van der Waals surface area contributed by atoms with E-state index in [0.29, 0.717) is 18.0 Å². The third kappa shape index (κ3) is 5.50. The van der Waals surface area contributed by atoms with Gasteiger partial charge in [0.25, 0.3) is 5.91 Å². The van der Waals surface area contributed by atoms with E-state index in [2.05, 4.69) is 18.8 Å². The zero-order valence-electron chi connectivity index (χ0n) is 11.4. The Kier molecular flexibility index (Phi) is 5.99. The molecule has 0 radical (unpaired) electrons. The maximum Gasteiger partial charge on any atom is 0.305 e. The van der Waals surface area contributed by atoms with E-state index in [9.17, 15) is 9.59 Å². The largest absolute Gasteiger partial charge is 0.481 e. The molecule has 0 unspecified atom stereocenters. The number of aromatic nitrogens is 1. The summed E-state index contributed by atoms with van der Waals surface area (Å²) in [6, 6.07) is 3.39. The van der Waals surface area contributed by atoms with E-state index >= 15 is 0 Å². The van der Waals surface area contributed by atoms with Gasteiger partial charge in [-0.3, -0.25) is 14.6 Å². The number of carbonyl (C=O) groups excluding carboxylic acids is 1. The van der Waals surface area contributed by atoms with Crippen molar-refractivity contribution in [1.29, 1.82) is 0 Å². The second-order valence-electron chi connectivity index (χ2n) is 4.86. The summed E-state index contributed by atoms with van der Waals surface area (Å²) >= 11 is 0. The normalized spacial score (nSPS) is 10.5. The van der Waals surface area contributed by atoms with Gasteiger partial charge in [0, 0.05) is 25.5 Å². The highest BCUT2D eigenvalue weighted by atomic mass is 16.4. The minimum atomic E-state index is -0.895. The Hall–Kier alpha value is -1.91. The van der Waals surface area contributed by atoms with Crippen LogP contribution in [0.3, 0.4) is 0 Å². The molecule has 0 atom stereocenters. The molecule has 104 valence electrons. The number of carbonyl (C=O) groups is 2. The molecular weight excluding hydrogens is 244 g/mol. The minimum absolute atomic E-state index is 0.0376. The summed E-state index contributed by atoms with van der Waals surface area (Å²) < 4.78 is 0. The third-order valence-corrected chi connectivity index (χ3v) is 2.77. The number of amides is 1. The summed E-state index contributed by atoms with van der Waals surface area (Å²) in [7, 11) is 0. The topological polar surface area (TPSA) is 70.5 Å². The van der Waals surface area contributed by atoms with Gasteiger partial charge in [-0.2, -0.15) is 0 Å². The van der Waals surface area contributed by atoms with Crippen LogP contribution in [0.15, 0.2) is 24.5 Å². The van der Waals surface area contributed by atoms with E-state index < -0.39 is 5.97 Å². The minimum Gasteiger partial charge on any atom is -0.481 e. The molecular formula is C14H20N2O3. The molecule has 0 spiro atoms. The molecule has 1 heterocycles. The average Bonchev–Trinajstić information content (AvgIpc) is 2.38. The van der Waals surface area contributed by atoms with Gasteiger partial charge in [0.2, 0.25) is 0 Å². The van der Waals surface area contributed by atoms with Crippen molar-refractivity contribution in [1.82, 2.24) is 9.88 Å². The van der Waals surface area contributed by atoms with Crippen LogP contribution < -0.4 is 0 Å². The Morgan fingerprint density at radius 3 is 2.63 bits per heavy atom. The fraction of sp³-hybridized carbons (Fsp3) is 0.500. The van der Waals surface area contributed by atoms with E-state index in [1.165, 1.54) is 6.20 Å². The van der Waals surface area contributed by atoms with E-state index in [4.69, 9.17) is 5.11 Å². The first-order valence-corrected chi connectivity index (χ1v) is 6.41. The number of hydrogen-bond donors (Lipinski definition) is 1. The Balaban J connectivity index is 2.71. The van der Waals surface area contributed by atoms with Crippen molar-refractivity contribution in [2.45, 2.75) is 26.7 Å². The first kappa shape index (κ1) is 15.1. The maximum atomic E-state index is 12.3. The lowest BCUT2D eigenvalue weighted by molar-refractivity contribution is -0.137. The van der Waals surface area contributed by atoms with Gasteiger partial charge in [-0.1, -0.05) is 13.8 Å². The molecule has 0 fully saturated rings. The SMILES string of the molecule is CC(C)CCN(CCC(=O)O)C(=O)c1cccnc1. The highest BCUT2D eigenvalue weighted by molar-refractivity contribution is 5.94. The summed E-state index contributed by atoms with van der Waals surface area (Å²) in [6.07, 6.45) is 3.92. The summed E-state index contributed by atoms with van der Waals surface area (Å²) in [6.45, 7) is 4.95. The third-order valence-electron chi connectivity index (χ3n) is 2.77. The lowest BCUT2D eigenvalue weighted by Crippen LogP contribution is -2.34. The van der Waals surface area contributed by atoms with Crippen LogP contribution in [0.2, 0.25) is 0 Å². The number of aliphatic carboxylic acids is 1. The molecule has 1 amide bonds. The first-order chi connectivity index (χ1) is 9.00. The molecule has 1 N–H and O–H groups in total. The predicted molar refractivity (Wildman–Crippen MR) is 71.8 cm³/mol. The molecule has 0 bridgehead atoms. The average molecular weight is 264 g/mol. The quantitative estimate of drug-likeness (QED) is 0.818. The van der Waals surface area contributed by atoms with Crippen LogP contribution in [-0.2, 0) is 4.79 Å². The van der Waals surface area contributed by atoms with Crippen LogP contribution in [0, 0.1) is 5.92 Å². The van der Waals surface area contributed by atoms with Gasteiger partial charge in [0.15, 0.2) is 0 Å². The van der Waals surface area contributed by atoms with Crippen LogP contribution in [0.25, 0.3) is 0 Å². The molecule has 0 saturated carbocycles. The smallest absolute Gasteiger partial charge is 0.305 e. The molecule has 5 nitrogen and oxygen atoms in total. The Labute approximate surface area is 113 Å². The summed E-state index contributed by atoms with van der Waals surface area (Å²) in [5.41, 5.74) is 0.497. The monoisotopic (exact) mass is 264 g/mol. The first-order valence-electron chi connectivity index (χ1n) is 6.41. The molecule has 19 heavy (non-hydrogen) atoms. The molecule has 1 aromatic rings. The number of carboxylic acid groups (broad SMARTS) is 1. The summed E-state index contributed by atoms with van der Waals surface area (Å²) in [4.78, 5) is 28.4. The van der Waals surface area contributed by atoms with Crippen molar-refractivity contribution in [2.24, 2.45) is 5.92 Å². The lowest BCUT2D eigenvalue weighted by atomic mass is 10.1. The summed E-state index contributed by atoms with van der Waals surface area (Å²) in [5, 5.41) is 8.74. The van der Waals surface area contributed by atoms with Gasteiger partial charge >= 0.3 is 5.97 Å². The van der Waals surface area contributed by atoms with Crippen molar-refractivity contribution in [3.63, 3.8) is 0 Å². The van der Waals surface area contributed by atoms with Crippen molar-refractivity contribution < 1.29 is 14.7 Å². The number of pyridine rings is 1. The molecule has 0 saturated heterocycles. The van der Waals surface area contributed by atoms with Crippen molar-refractivity contribution in [3.8, 4) is 0 Å². The van der Waals surface area contributed by atoms with E-state index in [0.717, 1.165) is 6.42 Å². The van der Waals surface area contributed by atoms with Crippen LogP contribution in [0.5, 0.6) is 0 Å². The molecule has 0 aliphatic heterocycles. The molecule has 0 aliphatic carbocycles. The van der Waals surface area contributed by atoms with Crippen molar-refractivity contribution >= 4 is 11.9 Å².